The van der Waals surface area contributed by atoms with Crippen LogP contribution in [0.25, 0.3) is 0 Å². The third kappa shape index (κ3) is 7.86. The summed E-state index contributed by atoms with van der Waals surface area (Å²) in [5.74, 6) is -1.16. The molecular weight excluding hydrogens is 593 g/mol. The zero-order chi connectivity index (χ0) is 31.1. The molecule has 1 fully saturated rings. The van der Waals surface area contributed by atoms with E-state index >= 15 is 0 Å². The first-order valence-electron chi connectivity index (χ1n) is 14.3. The van der Waals surface area contributed by atoms with Crippen molar-refractivity contribution in [2.75, 3.05) is 18.0 Å². The maximum Gasteiger partial charge on any atom is 0.264 e. The van der Waals surface area contributed by atoms with Gasteiger partial charge in [-0.05, 0) is 74.2 Å². The molecule has 1 N–H and O–H groups in total. The van der Waals surface area contributed by atoms with Gasteiger partial charge >= 0.3 is 0 Å². The molecular formula is C32H37ClFN3O5S. The summed E-state index contributed by atoms with van der Waals surface area (Å²) in [5, 5.41) is 3.32. The molecule has 0 aromatic heterocycles. The highest BCUT2D eigenvalue weighted by Gasteiger charge is 2.35. The van der Waals surface area contributed by atoms with Gasteiger partial charge in [-0.15, -0.1) is 0 Å². The number of nitrogens with zero attached hydrogens (tertiary/aromatic N) is 2. The lowest BCUT2D eigenvalue weighted by Crippen LogP contribution is -2.53. The van der Waals surface area contributed by atoms with Crippen LogP contribution in [-0.4, -0.2) is 50.9 Å². The normalized spacial score (nSPS) is 14.3. The standard InChI is InChI=1S/C32H37ClFN3O5S/c1-4-28(32(39)35-26-7-5-6-8-26)36(20-23-11-14-25(34)15-12-23)31(38)21-37(29-19-24(33)13-18-30(29)42-3)43(40,41)27-16-9-22(2)10-17-27/h9-19,26,28H,4-8,20-21H2,1-3H3,(H,35,39)/t28-/m0/s1. The first kappa shape index (κ1) is 32.3. The first-order chi connectivity index (χ1) is 20.5. The number of methoxy groups -OCH3 is 1. The Labute approximate surface area is 257 Å². The predicted octanol–water partition coefficient (Wildman–Crippen LogP) is 5.86. The van der Waals surface area contributed by atoms with E-state index in [0.29, 0.717) is 5.56 Å². The van der Waals surface area contributed by atoms with E-state index in [-0.39, 0.29) is 46.3 Å². The second-order valence-electron chi connectivity index (χ2n) is 10.7. The molecule has 0 bridgehead atoms. The number of benzene rings is 3. The topological polar surface area (TPSA) is 96.0 Å². The summed E-state index contributed by atoms with van der Waals surface area (Å²) in [6, 6.07) is 15.6. The number of carbonyl (C=O) groups excluding carboxylic acids is 2. The molecule has 43 heavy (non-hydrogen) atoms. The number of hydrogen-bond donors (Lipinski definition) is 1. The van der Waals surface area contributed by atoms with Gasteiger partial charge in [-0.1, -0.05) is 61.2 Å². The molecule has 0 radical (unpaired) electrons. The van der Waals surface area contributed by atoms with Crippen LogP contribution in [0.1, 0.15) is 50.2 Å². The molecule has 2 amide bonds. The Morgan fingerprint density at radius 1 is 1.05 bits per heavy atom. The molecule has 11 heteroatoms. The Bertz CT molecular complexity index is 1530. The monoisotopic (exact) mass is 629 g/mol. The number of halogens is 2. The average molecular weight is 630 g/mol. The molecule has 0 heterocycles. The summed E-state index contributed by atoms with van der Waals surface area (Å²) in [6.07, 6.45) is 4.06. The van der Waals surface area contributed by atoms with Crippen LogP contribution >= 0.6 is 11.6 Å². The largest absolute Gasteiger partial charge is 0.495 e. The molecule has 1 saturated carbocycles. The Morgan fingerprint density at radius 3 is 2.30 bits per heavy atom. The number of nitrogens with one attached hydrogen (secondary N) is 1. The number of sulfonamides is 1. The van der Waals surface area contributed by atoms with Gasteiger partial charge in [0.05, 0.1) is 17.7 Å². The minimum atomic E-state index is -4.30. The predicted molar refractivity (Wildman–Crippen MR) is 165 cm³/mol. The average Bonchev–Trinajstić information content (AvgIpc) is 3.50. The second-order valence-corrected chi connectivity index (χ2v) is 13.0. The lowest BCUT2D eigenvalue weighted by Gasteiger charge is -2.34. The number of anilines is 1. The van der Waals surface area contributed by atoms with E-state index in [1.54, 1.807) is 25.1 Å². The third-order valence-corrected chi connectivity index (χ3v) is 9.66. The van der Waals surface area contributed by atoms with E-state index in [9.17, 15) is 22.4 Å². The van der Waals surface area contributed by atoms with Gasteiger partial charge in [-0.25, -0.2) is 12.8 Å². The van der Waals surface area contributed by atoms with Crippen molar-refractivity contribution in [1.29, 1.82) is 0 Å². The Morgan fingerprint density at radius 2 is 1.70 bits per heavy atom. The molecule has 1 aliphatic carbocycles. The van der Waals surface area contributed by atoms with Crippen LogP contribution in [0.4, 0.5) is 10.1 Å². The summed E-state index contributed by atoms with van der Waals surface area (Å²) in [6.45, 7) is 2.97. The Balaban J connectivity index is 1.76. The van der Waals surface area contributed by atoms with Gasteiger partial charge in [0.1, 0.15) is 24.2 Å². The Hall–Kier alpha value is -3.63. The van der Waals surface area contributed by atoms with Crippen LogP contribution < -0.4 is 14.4 Å². The molecule has 0 aliphatic heterocycles. The van der Waals surface area contributed by atoms with Gasteiger partial charge in [0.25, 0.3) is 10.0 Å². The van der Waals surface area contributed by atoms with Crippen molar-refractivity contribution >= 4 is 39.1 Å². The fourth-order valence-electron chi connectivity index (χ4n) is 5.28. The van der Waals surface area contributed by atoms with Crippen LogP contribution in [0.15, 0.2) is 71.6 Å². The van der Waals surface area contributed by atoms with Crippen molar-refractivity contribution in [3.63, 3.8) is 0 Å². The fraction of sp³-hybridized carbons (Fsp3) is 0.375. The van der Waals surface area contributed by atoms with Crippen molar-refractivity contribution in [2.45, 2.75) is 69.5 Å². The number of amides is 2. The lowest BCUT2D eigenvalue weighted by molar-refractivity contribution is -0.140. The van der Waals surface area contributed by atoms with Gasteiger partial charge in [0, 0.05) is 17.6 Å². The maximum absolute atomic E-state index is 14.2. The number of rotatable bonds is 12. The van der Waals surface area contributed by atoms with Crippen molar-refractivity contribution in [3.8, 4) is 5.75 Å². The zero-order valence-corrected chi connectivity index (χ0v) is 26.1. The minimum absolute atomic E-state index is 0.0240. The summed E-state index contributed by atoms with van der Waals surface area (Å²) in [4.78, 5) is 29.1. The van der Waals surface area contributed by atoms with Gasteiger partial charge in [0.15, 0.2) is 0 Å². The molecule has 1 atom stereocenters. The molecule has 3 aromatic carbocycles. The van der Waals surface area contributed by atoms with Crippen molar-refractivity contribution in [3.05, 3.63) is 88.7 Å². The quantitative estimate of drug-likeness (QED) is 0.271. The third-order valence-electron chi connectivity index (χ3n) is 7.65. The SMILES string of the molecule is CC[C@@H](C(=O)NC1CCCC1)N(Cc1ccc(F)cc1)C(=O)CN(c1cc(Cl)ccc1OC)S(=O)(=O)c1ccc(C)cc1. The summed E-state index contributed by atoms with van der Waals surface area (Å²) in [7, 11) is -2.91. The lowest BCUT2D eigenvalue weighted by atomic mass is 10.1. The fourth-order valence-corrected chi connectivity index (χ4v) is 6.87. The highest BCUT2D eigenvalue weighted by molar-refractivity contribution is 7.92. The smallest absolute Gasteiger partial charge is 0.264 e. The van der Waals surface area contributed by atoms with E-state index < -0.39 is 34.3 Å². The molecule has 1 aliphatic rings. The minimum Gasteiger partial charge on any atom is -0.495 e. The zero-order valence-electron chi connectivity index (χ0n) is 24.6. The molecule has 3 aromatic rings. The second kappa shape index (κ2) is 14.2. The number of hydrogen-bond acceptors (Lipinski definition) is 5. The van der Waals surface area contributed by atoms with Crippen LogP contribution in [0.5, 0.6) is 5.75 Å². The van der Waals surface area contributed by atoms with Gasteiger partial charge in [-0.3, -0.25) is 13.9 Å². The van der Waals surface area contributed by atoms with Crippen molar-refractivity contribution in [2.24, 2.45) is 0 Å². The van der Waals surface area contributed by atoms with E-state index in [0.717, 1.165) is 35.6 Å². The molecule has 8 nitrogen and oxygen atoms in total. The van der Waals surface area contributed by atoms with Crippen molar-refractivity contribution < 1.29 is 27.1 Å². The maximum atomic E-state index is 14.2. The van der Waals surface area contributed by atoms with E-state index in [1.807, 2.05) is 6.92 Å². The summed E-state index contributed by atoms with van der Waals surface area (Å²) in [5.41, 5.74) is 1.54. The van der Waals surface area contributed by atoms with Crippen LogP contribution in [0, 0.1) is 12.7 Å². The van der Waals surface area contributed by atoms with Crippen LogP contribution in [0.3, 0.4) is 0 Å². The van der Waals surface area contributed by atoms with Gasteiger partial charge < -0.3 is 15.0 Å². The highest BCUT2D eigenvalue weighted by atomic mass is 35.5. The van der Waals surface area contributed by atoms with E-state index in [2.05, 4.69) is 5.32 Å². The van der Waals surface area contributed by atoms with E-state index in [1.165, 1.54) is 60.5 Å². The van der Waals surface area contributed by atoms with Crippen LogP contribution in [-0.2, 0) is 26.2 Å². The molecule has 0 unspecified atom stereocenters. The number of aryl methyl sites for hydroxylation is 1. The Kier molecular flexibility index (Phi) is 10.7. The first-order valence-corrected chi connectivity index (χ1v) is 16.1. The number of carbonyl (C=O) groups is 2. The van der Waals surface area contributed by atoms with E-state index in [4.69, 9.17) is 16.3 Å². The number of ether oxygens (including phenoxy) is 1. The highest BCUT2D eigenvalue weighted by Crippen LogP contribution is 2.35. The molecule has 0 saturated heterocycles. The molecule has 230 valence electrons. The van der Waals surface area contributed by atoms with Crippen molar-refractivity contribution in [1.82, 2.24) is 10.2 Å². The molecule has 0 spiro atoms. The van der Waals surface area contributed by atoms with Gasteiger partial charge in [-0.2, -0.15) is 0 Å². The summed E-state index contributed by atoms with van der Waals surface area (Å²) < 4.78 is 48.4. The van der Waals surface area contributed by atoms with Crippen LogP contribution in [0.2, 0.25) is 5.02 Å². The molecule has 4 rings (SSSR count). The van der Waals surface area contributed by atoms with Gasteiger partial charge in [0.2, 0.25) is 11.8 Å². The summed E-state index contributed by atoms with van der Waals surface area (Å²) >= 11 is 6.29.